The topological polar surface area (TPSA) is 54.0 Å². The number of hydrogen-bond donors (Lipinski definition) is 1. The Morgan fingerprint density at radius 2 is 1.93 bits per heavy atom. The Morgan fingerprint density at radius 3 is 2.74 bits per heavy atom. The third kappa shape index (κ3) is 5.21. The number of nitrogens with one attached hydrogen (secondary N) is 1. The van der Waals surface area contributed by atoms with Crippen molar-refractivity contribution >= 4 is 5.91 Å². The molecule has 0 radical (unpaired) electrons. The Bertz CT molecular complexity index is 625. The summed E-state index contributed by atoms with van der Waals surface area (Å²) < 4.78 is 11.5. The van der Waals surface area contributed by atoms with Crippen LogP contribution in [0.3, 0.4) is 0 Å². The molecule has 2 fully saturated rings. The van der Waals surface area contributed by atoms with Gasteiger partial charge in [-0.2, -0.15) is 0 Å². The van der Waals surface area contributed by atoms with Crippen LogP contribution in [0.2, 0.25) is 0 Å². The molecule has 1 atom stereocenters. The minimum atomic E-state index is 0.131. The van der Waals surface area contributed by atoms with Crippen molar-refractivity contribution in [3.8, 4) is 5.75 Å². The molecule has 27 heavy (non-hydrogen) atoms. The van der Waals surface area contributed by atoms with E-state index in [1.165, 1.54) is 12.8 Å². The summed E-state index contributed by atoms with van der Waals surface area (Å²) in [6.07, 6.45) is 4.88. The van der Waals surface area contributed by atoms with E-state index >= 15 is 0 Å². The second-order valence-corrected chi connectivity index (χ2v) is 7.94. The first-order chi connectivity index (χ1) is 13.3. The van der Waals surface area contributed by atoms with Crippen molar-refractivity contribution in [1.29, 1.82) is 0 Å². The molecule has 1 unspecified atom stereocenters. The van der Waals surface area contributed by atoms with E-state index in [0.29, 0.717) is 25.3 Å². The van der Waals surface area contributed by atoms with Gasteiger partial charge < -0.3 is 19.7 Å². The average molecular weight is 373 g/mol. The highest BCUT2D eigenvalue weighted by atomic mass is 16.5. The van der Waals surface area contributed by atoms with Crippen molar-refractivity contribution < 1.29 is 14.3 Å². The lowest BCUT2D eigenvalue weighted by Crippen LogP contribution is -2.48. The number of rotatable bonds is 5. The van der Waals surface area contributed by atoms with Gasteiger partial charge in [0.2, 0.25) is 5.91 Å². The van der Waals surface area contributed by atoms with Crippen LogP contribution in [-0.2, 0) is 16.1 Å². The molecule has 6 heteroatoms. The van der Waals surface area contributed by atoms with Gasteiger partial charge in [-0.1, -0.05) is 18.2 Å². The number of ether oxygens (including phenoxy) is 2. The number of fused-ring (bicyclic) bond motifs is 1. The van der Waals surface area contributed by atoms with Crippen LogP contribution < -0.4 is 10.1 Å². The van der Waals surface area contributed by atoms with Crippen LogP contribution in [0.15, 0.2) is 24.3 Å². The zero-order valence-electron chi connectivity index (χ0n) is 16.1. The lowest BCUT2D eigenvalue weighted by molar-refractivity contribution is -0.123. The molecule has 1 amide bonds. The highest BCUT2D eigenvalue weighted by molar-refractivity contribution is 5.78. The minimum absolute atomic E-state index is 0.131. The first-order valence-corrected chi connectivity index (χ1v) is 10.3. The van der Waals surface area contributed by atoms with E-state index in [-0.39, 0.29) is 5.91 Å². The second-order valence-electron chi connectivity index (χ2n) is 7.94. The van der Waals surface area contributed by atoms with Crippen molar-refractivity contribution in [2.45, 2.75) is 44.4 Å². The Balaban J connectivity index is 1.20. The van der Waals surface area contributed by atoms with Crippen LogP contribution in [0, 0.1) is 0 Å². The molecule has 1 N–H and O–H groups in total. The summed E-state index contributed by atoms with van der Waals surface area (Å²) in [7, 11) is 0. The number of piperidine rings is 1. The SMILES string of the molecule is O=C(CN1CCOc2ccccc2C1)NC1CCN(CC2CCCO2)CC1. The maximum atomic E-state index is 12.5. The molecule has 6 nitrogen and oxygen atoms in total. The van der Waals surface area contributed by atoms with Crippen LogP contribution in [0.5, 0.6) is 5.75 Å². The van der Waals surface area contributed by atoms with Gasteiger partial charge in [-0.15, -0.1) is 0 Å². The molecule has 0 saturated carbocycles. The number of amides is 1. The molecule has 3 heterocycles. The molecule has 3 aliphatic rings. The molecule has 0 spiro atoms. The maximum Gasteiger partial charge on any atom is 0.234 e. The van der Waals surface area contributed by atoms with Gasteiger partial charge in [0.05, 0.1) is 12.6 Å². The molecule has 0 aliphatic carbocycles. The molecule has 2 saturated heterocycles. The van der Waals surface area contributed by atoms with Crippen molar-refractivity contribution in [3.05, 3.63) is 29.8 Å². The van der Waals surface area contributed by atoms with Gasteiger partial charge >= 0.3 is 0 Å². The molecule has 4 rings (SSSR count). The average Bonchev–Trinajstić information content (AvgIpc) is 3.09. The fraction of sp³-hybridized carbons (Fsp3) is 0.667. The molecule has 3 aliphatic heterocycles. The molecular formula is C21H31N3O3. The number of nitrogens with zero attached hydrogens (tertiary/aromatic N) is 2. The van der Waals surface area contributed by atoms with Crippen LogP contribution in [0.1, 0.15) is 31.2 Å². The van der Waals surface area contributed by atoms with Crippen LogP contribution >= 0.6 is 0 Å². The number of hydrogen-bond acceptors (Lipinski definition) is 5. The summed E-state index contributed by atoms with van der Waals surface area (Å²) in [6.45, 7) is 6.69. The number of carbonyl (C=O) groups excluding carboxylic acids is 1. The van der Waals surface area contributed by atoms with Crippen molar-refractivity contribution in [3.63, 3.8) is 0 Å². The molecule has 1 aromatic rings. The number of likely N-dealkylation sites (tertiary alicyclic amines) is 1. The van der Waals surface area contributed by atoms with E-state index in [1.807, 2.05) is 18.2 Å². The van der Waals surface area contributed by atoms with Gasteiger partial charge in [0.25, 0.3) is 0 Å². The van der Waals surface area contributed by atoms with Gasteiger partial charge in [-0.05, 0) is 31.7 Å². The fourth-order valence-corrected chi connectivity index (χ4v) is 4.33. The summed E-state index contributed by atoms with van der Waals surface area (Å²) in [5.74, 6) is 1.07. The van der Waals surface area contributed by atoms with E-state index in [4.69, 9.17) is 9.47 Å². The van der Waals surface area contributed by atoms with Gasteiger partial charge in [-0.25, -0.2) is 0 Å². The third-order valence-corrected chi connectivity index (χ3v) is 5.84. The molecule has 0 bridgehead atoms. The zero-order chi connectivity index (χ0) is 18.5. The normalized spacial score (nSPS) is 24.8. The van der Waals surface area contributed by atoms with E-state index in [9.17, 15) is 4.79 Å². The number of carbonyl (C=O) groups is 1. The third-order valence-electron chi connectivity index (χ3n) is 5.84. The molecule has 148 valence electrons. The van der Waals surface area contributed by atoms with E-state index < -0.39 is 0 Å². The Morgan fingerprint density at radius 1 is 1.07 bits per heavy atom. The second kappa shape index (κ2) is 9.04. The van der Waals surface area contributed by atoms with E-state index in [2.05, 4.69) is 21.2 Å². The minimum Gasteiger partial charge on any atom is -0.492 e. The van der Waals surface area contributed by atoms with Crippen molar-refractivity contribution in [1.82, 2.24) is 15.1 Å². The highest BCUT2D eigenvalue weighted by Gasteiger charge is 2.25. The quantitative estimate of drug-likeness (QED) is 0.850. The van der Waals surface area contributed by atoms with Gasteiger partial charge in [0.15, 0.2) is 0 Å². The maximum absolute atomic E-state index is 12.5. The zero-order valence-corrected chi connectivity index (χ0v) is 16.1. The fourth-order valence-electron chi connectivity index (χ4n) is 4.33. The lowest BCUT2D eigenvalue weighted by atomic mass is 10.0. The smallest absolute Gasteiger partial charge is 0.234 e. The van der Waals surface area contributed by atoms with Crippen LogP contribution in [0.4, 0.5) is 0 Å². The van der Waals surface area contributed by atoms with Crippen molar-refractivity contribution in [2.75, 3.05) is 45.9 Å². The van der Waals surface area contributed by atoms with E-state index in [0.717, 1.165) is 63.5 Å². The van der Waals surface area contributed by atoms with Crippen LogP contribution in [-0.4, -0.2) is 73.8 Å². The predicted molar refractivity (Wildman–Crippen MR) is 104 cm³/mol. The predicted octanol–water partition coefficient (Wildman–Crippen LogP) is 1.64. The first kappa shape index (κ1) is 18.7. The number of benzene rings is 1. The first-order valence-electron chi connectivity index (χ1n) is 10.3. The van der Waals surface area contributed by atoms with Gasteiger partial charge in [0.1, 0.15) is 12.4 Å². The Labute approximate surface area is 161 Å². The Kier molecular flexibility index (Phi) is 6.27. The van der Waals surface area contributed by atoms with E-state index in [1.54, 1.807) is 0 Å². The summed E-state index contributed by atoms with van der Waals surface area (Å²) in [6, 6.07) is 8.40. The largest absolute Gasteiger partial charge is 0.492 e. The van der Waals surface area contributed by atoms with Gasteiger partial charge in [-0.3, -0.25) is 9.69 Å². The molecule has 0 aromatic heterocycles. The lowest BCUT2D eigenvalue weighted by Gasteiger charge is -2.33. The molecule has 1 aromatic carbocycles. The standard InChI is InChI=1S/C21H31N3O3/c25-21(16-24-11-13-27-20-6-2-1-4-17(20)14-24)22-18-7-9-23(10-8-18)15-19-5-3-12-26-19/h1-2,4,6,18-19H,3,5,7-16H2,(H,22,25). The summed E-state index contributed by atoms with van der Waals surface area (Å²) in [4.78, 5) is 17.2. The van der Waals surface area contributed by atoms with Crippen molar-refractivity contribution in [2.24, 2.45) is 0 Å². The summed E-state index contributed by atoms with van der Waals surface area (Å²) in [5, 5.41) is 3.25. The summed E-state index contributed by atoms with van der Waals surface area (Å²) in [5.41, 5.74) is 1.16. The number of para-hydroxylation sites is 1. The Hall–Kier alpha value is -1.63. The summed E-state index contributed by atoms with van der Waals surface area (Å²) >= 11 is 0. The highest BCUT2D eigenvalue weighted by Crippen LogP contribution is 2.22. The van der Waals surface area contributed by atoms with Crippen LogP contribution in [0.25, 0.3) is 0 Å². The monoisotopic (exact) mass is 373 g/mol. The van der Waals surface area contributed by atoms with Gasteiger partial charge in [0, 0.05) is 50.9 Å². The molecular weight excluding hydrogens is 342 g/mol.